The summed E-state index contributed by atoms with van der Waals surface area (Å²) in [4.78, 5) is 8.52. The lowest BCUT2D eigenvalue weighted by molar-refractivity contribution is 1.18. The van der Waals surface area contributed by atoms with Crippen LogP contribution in [-0.2, 0) is 0 Å². The first-order chi connectivity index (χ1) is 36.3. The predicted molar refractivity (Wildman–Crippen MR) is 202 cm³/mol. The topological polar surface area (TPSA) is 25.8 Å². The van der Waals surface area contributed by atoms with E-state index in [9.17, 15) is 11.0 Å². The molecule has 0 amide bonds. The second-order valence-electron chi connectivity index (χ2n) is 9.87. The van der Waals surface area contributed by atoms with Crippen molar-refractivity contribution in [1.29, 1.82) is 0 Å². The molecule has 0 aliphatic rings. The van der Waals surface area contributed by atoms with Crippen molar-refractivity contribution in [3.8, 4) is 56.2 Å². The summed E-state index contributed by atoms with van der Waals surface area (Å²) in [7, 11) is 0. The lowest BCUT2D eigenvalue weighted by Crippen LogP contribution is -1.96. The first-order valence-corrected chi connectivity index (χ1v) is 13.9. The maximum absolute atomic E-state index is 9.62. The summed E-state index contributed by atoms with van der Waals surface area (Å²) in [5, 5.41) is -3.76. The van der Waals surface area contributed by atoms with E-state index in [-0.39, 0.29) is 0 Å². The lowest BCUT2D eigenvalue weighted by atomic mass is 9.89. The molecule has 0 N–H and O–H groups in total. The molecule has 0 aliphatic heterocycles. The van der Waals surface area contributed by atoms with Crippen molar-refractivity contribution < 1.29 is 41.1 Å². The molecule has 8 aromatic carbocycles. The van der Waals surface area contributed by atoms with Gasteiger partial charge in [-0.15, -0.1) is 0 Å². The van der Waals surface area contributed by atoms with E-state index in [0.717, 1.165) is 0 Å². The van der Waals surface area contributed by atoms with E-state index in [1.54, 1.807) is 0 Å². The Morgan fingerprint density at radius 1 is 0.312 bits per heavy atom. The van der Waals surface area contributed by atoms with E-state index in [1.807, 2.05) is 0 Å². The SMILES string of the molecule is [2H]c1c(-c2c([2H])c([2H])c(-c3c4c([2H])c([2H])c([2H])c([2H])c4c([2H])c4c3c([2H])c([2H])c3c([2H])c([2H])c([2H])c([2H])c34)c([2H])c2[2H])nc(-c2c([2H])c([2H])c([2H])c([2H])c2[2H])nc1-c1c([2H])c([2H])c([2H])c(-c2c([2H])c([2H])c([2H])c([2H])c2[2H])c1[2H]. The minimum absolute atomic E-state index is 0.566. The van der Waals surface area contributed by atoms with Crippen LogP contribution in [0.3, 0.4) is 0 Å². The van der Waals surface area contributed by atoms with Crippen LogP contribution in [0.1, 0.15) is 41.1 Å². The Labute approximate surface area is 321 Å². The summed E-state index contributed by atoms with van der Waals surface area (Å²) in [5.74, 6) is -0.948. The molecule has 2 nitrogen and oxygen atoms in total. The van der Waals surface area contributed by atoms with Crippen LogP contribution in [0.5, 0.6) is 0 Å². The Morgan fingerprint density at radius 3 is 1.67 bits per heavy atom. The van der Waals surface area contributed by atoms with Crippen LogP contribution in [-0.4, -0.2) is 9.97 Å². The van der Waals surface area contributed by atoms with E-state index < -0.39 is 270 Å². The second kappa shape index (κ2) is 11.8. The third-order valence-corrected chi connectivity index (χ3v) is 7.06. The van der Waals surface area contributed by atoms with Crippen molar-refractivity contribution in [2.24, 2.45) is 0 Å². The van der Waals surface area contributed by atoms with Gasteiger partial charge in [-0.25, -0.2) is 9.97 Å². The van der Waals surface area contributed by atoms with E-state index in [1.165, 1.54) is 0 Å². The standard InChI is InChI=1S/C46H30N2/c1-3-12-31(13-4-1)36-18-11-19-38(28-36)44-30-43(47-46(48-44)35-15-5-2-6-16-35)33-22-24-34(25-23-33)45-40-21-10-8-17-37(40)29-42-39-20-9-7-14-32(39)26-27-41(42)45/h1-30H/i1D,2D,3D,4D,5D,6D,7D,8D,9D,10D,11D,12D,13D,14D,15D,16D,17D,18D,19D,20D,21D,22D,23D,24D,25D,26D,27D,28D,29D,30D. The van der Waals surface area contributed by atoms with E-state index in [2.05, 4.69) is 9.97 Å². The zero-order valence-corrected chi connectivity index (χ0v) is 23.9. The van der Waals surface area contributed by atoms with Gasteiger partial charge in [0.25, 0.3) is 0 Å². The summed E-state index contributed by atoms with van der Waals surface area (Å²) >= 11 is 0. The molecule has 0 saturated carbocycles. The Bertz CT molecular complexity index is 4240. The van der Waals surface area contributed by atoms with Gasteiger partial charge in [-0.3, -0.25) is 0 Å². The highest BCUT2D eigenvalue weighted by Gasteiger charge is 2.15. The van der Waals surface area contributed by atoms with Gasteiger partial charge in [0.1, 0.15) is 0 Å². The van der Waals surface area contributed by atoms with Crippen molar-refractivity contribution in [1.82, 2.24) is 9.97 Å². The van der Waals surface area contributed by atoms with Crippen LogP contribution < -0.4 is 0 Å². The van der Waals surface area contributed by atoms with Crippen molar-refractivity contribution in [3.63, 3.8) is 0 Å². The Hall–Kier alpha value is -6.38. The summed E-state index contributed by atoms with van der Waals surface area (Å²) in [6.07, 6.45) is 0. The largest absolute Gasteiger partial charge is 0.228 e. The van der Waals surface area contributed by atoms with Crippen molar-refractivity contribution in [2.75, 3.05) is 0 Å². The molecule has 0 fully saturated rings. The molecule has 0 unspecified atom stereocenters. The zero-order valence-electron chi connectivity index (χ0n) is 53.9. The normalized spacial score (nSPS) is 20.1. The molecule has 0 saturated heterocycles. The molecular formula is C46H30N2. The van der Waals surface area contributed by atoms with Gasteiger partial charge in [-0.2, -0.15) is 0 Å². The fourth-order valence-electron chi connectivity index (χ4n) is 4.95. The molecule has 9 aromatic rings. The second-order valence-corrected chi connectivity index (χ2v) is 9.87. The molecular weight excluding hydrogens is 581 g/mol. The highest BCUT2D eigenvalue weighted by molar-refractivity contribution is 6.20. The molecule has 0 bridgehead atoms. The molecule has 1 heterocycles. The first kappa shape index (κ1) is 10.8. The molecule has 0 radical (unpaired) electrons. The fourth-order valence-corrected chi connectivity index (χ4v) is 4.95. The smallest absolute Gasteiger partial charge is 0.160 e. The third kappa shape index (κ3) is 5.01. The molecule has 0 spiro atoms. The van der Waals surface area contributed by atoms with Gasteiger partial charge >= 0.3 is 0 Å². The number of benzene rings is 8. The number of hydrogen-bond acceptors (Lipinski definition) is 2. The molecule has 1 aromatic heterocycles. The fraction of sp³-hybridized carbons (Fsp3) is 0. The van der Waals surface area contributed by atoms with Crippen molar-refractivity contribution in [3.05, 3.63) is 181 Å². The Morgan fingerprint density at radius 2 is 0.896 bits per heavy atom. The maximum atomic E-state index is 9.62. The first-order valence-electron chi connectivity index (χ1n) is 28.9. The van der Waals surface area contributed by atoms with Crippen LogP contribution in [0.4, 0.5) is 0 Å². The van der Waals surface area contributed by atoms with Gasteiger partial charge in [0.15, 0.2) is 5.82 Å². The number of nitrogens with zero attached hydrogens (tertiary/aromatic N) is 2. The van der Waals surface area contributed by atoms with Gasteiger partial charge in [-0.1, -0.05) is 163 Å². The van der Waals surface area contributed by atoms with Crippen molar-refractivity contribution in [2.45, 2.75) is 0 Å². The van der Waals surface area contributed by atoms with Crippen molar-refractivity contribution >= 4 is 32.3 Å². The summed E-state index contributed by atoms with van der Waals surface area (Å²) in [5.41, 5.74) is -7.95. The molecule has 224 valence electrons. The van der Waals surface area contributed by atoms with Gasteiger partial charge in [0, 0.05) is 16.7 Å². The molecule has 48 heavy (non-hydrogen) atoms. The van der Waals surface area contributed by atoms with Crippen LogP contribution in [0.25, 0.3) is 88.5 Å². The van der Waals surface area contributed by atoms with Crippen LogP contribution >= 0.6 is 0 Å². The quantitative estimate of drug-likeness (QED) is 0.138. The number of aromatic nitrogens is 2. The van der Waals surface area contributed by atoms with Crippen LogP contribution in [0, 0.1) is 0 Å². The Balaban J connectivity index is 1.49. The highest BCUT2D eigenvalue weighted by Crippen LogP contribution is 2.40. The minimum Gasteiger partial charge on any atom is -0.228 e. The number of fused-ring (bicyclic) bond motifs is 4. The highest BCUT2D eigenvalue weighted by atomic mass is 14.9. The number of hydrogen-bond donors (Lipinski definition) is 0. The van der Waals surface area contributed by atoms with E-state index in [0.29, 0.717) is 0 Å². The van der Waals surface area contributed by atoms with E-state index in [4.69, 9.17) is 30.2 Å². The molecule has 0 atom stereocenters. The van der Waals surface area contributed by atoms with Gasteiger partial charge in [-0.05, 0) is 72.7 Å². The Kier molecular flexibility index (Phi) is 2.66. The maximum Gasteiger partial charge on any atom is 0.160 e. The van der Waals surface area contributed by atoms with Crippen LogP contribution in [0.15, 0.2) is 181 Å². The zero-order chi connectivity index (χ0) is 58.0. The van der Waals surface area contributed by atoms with E-state index >= 15 is 0 Å². The minimum atomic E-state index is -1.17. The monoisotopic (exact) mass is 640 g/mol. The van der Waals surface area contributed by atoms with Crippen LogP contribution in [0.2, 0.25) is 0 Å². The number of rotatable bonds is 5. The summed E-state index contributed by atoms with van der Waals surface area (Å²) < 4.78 is 266. The predicted octanol–water partition coefficient (Wildman–Crippen LogP) is 12.3. The molecule has 9 rings (SSSR count). The molecule has 0 aliphatic carbocycles. The average Bonchev–Trinajstić information content (AvgIpc) is 3.29. The van der Waals surface area contributed by atoms with Gasteiger partial charge in [0.05, 0.1) is 52.5 Å². The molecule has 2 heteroatoms. The average molecular weight is 641 g/mol. The third-order valence-electron chi connectivity index (χ3n) is 7.06. The lowest BCUT2D eigenvalue weighted by Gasteiger charge is -2.15. The summed E-state index contributed by atoms with van der Waals surface area (Å²) in [6, 6.07) is -29.1. The van der Waals surface area contributed by atoms with Gasteiger partial charge in [0.2, 0.25) is 0 Å². The summed E-state index contributed by atoms with van der Waals surface area (Å²) in [6.45, 7) is 0. The van der Waals surface area contributed by atoms with Gasteiger partial charge < -0.3 is 0 Å².